The van der Waals surface area contributed by atoms with Gasteiger partial charge in [0.15, 0.2) is 0 Å². The molecule has 1 aliphatic carbocycles. The van der Waals surface area contributed by atoms with E-state index in [4.69, 9.17) is 11.6 Å². The summed E-state index contributed by atoms with van der Waals surface area (Å²) >= 11 is 9.34. The van der Waals surface area contributed by atoms with E-state index in [0.717, 1.165) is 17.3 Å². The van der Waals surface area contributed by atoms with E-state index in [9.17, 15) is 4.79 Å². The number of carbonyl (C=O) groups is 1. The van der Waals surface area contributed by atoms with E-state index in [1.54, 1.807) is 18.2 Å². The molecule has 1 aliphatic rings. The van der Waals surface area contributed by atoms with Crippen LogP contribution in [0.15, 0.2) is 46.9 Å². The number of fused-ring (bicyclic) bond motifs is 1. The third-order valence-electron chi connectivity index (χ3n) is 3.56. The summed E-state index contributed by atoms with van der Waals surface area (Å²) < 4.78 is 0.807. The molecule has 0 saturated carbocycles. The van der Waals surface area contributed by atoms with E-state index < -0.39 is 0 Å². The zero-order chi connectivity index (χ0) is 14.1. The zero-order valence-corrected chi connectivity index (χ0v) is 13.0. The van der Waals surface area contributed by atoms with Crippen LogP contribution >= 0.6 is 27.5 Å². The van der Waals surface area contributed by atoms with Crippen molar-refractivity contribution in [3.63, 3.8) is 0 Å². The van der Waals surface area contributed by atoms with Gasteiger partial charge >= 0.3 is 0 Å². The zero-order valence-electron chi connectivity index (χ0n) is 10.7. The van der Waals surface area contributed by atoms with Gasteiger partial charge in [0.1, 0.15) is 0 Å². The number of nitrogens with one attached hydrogen (secondary N) is 1. The quantitative estimate of drug-likeness (QED) is 0.847. The Morgan fingerprint density at radius 1 is 1.25 bits per heavy atom. The summed E-state index contributed by atoms with van der Waals surface area (Å²) in [5, 5.41) is 3.64. The summed E-state index contributed by atoms with van der Waals surface area (Å²) in [5.41, 5.74) is 3.13. The largest absolute Gasteiger partial charge is 0.345 e. The molecule has 2 aromatic rings. The summed E-state index contributed by atoms with van der Waals surface area (Å²) in [6.45, 7) is 0. The maximum absolute atomic E-state index is 12.3. The van der Waals surface area contributed by atoms with E-state index in [-0.39, 0.29) is 11.9 Å². The molecule has 1 amide bonds. The van der Waals surface area contributed by atoms with Gasteiger partial charge in [-0.2, -0.15) is 0 Å². The van der Waals surface area contributed by atoms with Crippen LogP contribution in [-0.4, -0.2) is 5.91 Å². The van der Waals surface area contributed by atoms with Crippen molar-refractivity contribution < 1.29 is 4.79 Å². The predicted molar refractivity (Wildman–Crippen MR) is 84.1 cm³/mol. The van der Waals surface area contributed by atoms with Crippen molar-refractivity contribution in [2.24, 2.45) is 0 Å². The second-order valence-electron chi connectivity index (χ2n) is 4.92. The van der Waals surface area contributed by atoms with E-state index in [0.29, 0.717) is 10.6 Å². The molecule has 2 aromatic carbocycles. The van der Waals surface area contributed by atoms with Gasteiger partial charge in [0.05, 0.1) is 6.04 Å². The number of hydrogen-bond donors (Lipinski definition) is 1. The van der Waals surface area contributed by atoms with Crippen LogP contribution in [0, 0.1) is 0 Å². The highest BCUT2D eigenvalue weighted by molar-refractivity contribution is 9.10. The second-order valence-corrected chi connectivity index (χ2v) is 6.27. The van der Waals surface area contributed by atoms with Crippen molar-refractivity contribution in [2.75, 3.05) is 0 Å². The fraction of sp³-hybridized carbons (Fsp3) is 0.188. The van der Waals surface area contributed by atoms with Crippen LogP contribution in [-0.2, 0) is 6.42 Å². The topological polar surface area (TPSA) is 29.1 Å². The maximum atomic E-state index is 12.3. The fourth-order valence-electron chi connectivity index (χ4n) is 2.63. The van der Waals surface area contributed by atoms with E-state index >= 15 is 0 Å². The highest BCUT2D eigenvalue weighted by atomic mass is 79.9. The first kappa shape index (κ1) is 13.7. The van der Waals surface area contributed by atoms with Gasteiger partial charge in [-0.05, 0) is 42.2 Å². The van der Waals surface area contributed by atoms with Crippen molar-refractivity contribution in [1.29, 1.82) is 0 Å². The van der Waals surface area contributed by atoms with Crippen LogP contribution < -0.4 is 5.32 Å². The molecule has 0 spiro atoms. The van der Waals surface area contributed by atoms with Crippen LogP contribution in [0.1, 0.15) is 33.9 Å². The van der Waals surface area contributed by atoms with Crippen molar-refractivity contribution in [3.8, 4) is 0 Å². The molecule has 102 valence electrons. The number of hydrogen-bond acceptors (Lipinski definition) is 1. The highest BCUT2D eigenvalue weighted by Crippen LogP contribution is 2.31. The van der Waals surface area contributed by atoms with Crippen LogP contribution in [0.5, 0.6) is 0 Å². The summed E-state index contributed by atoms with van der Waals surface area (Å²) in [4.78, 5) is 12.3. The summed E-state index contributed by atoms with van der Waals surface area (Å²) in [6, 6.07) is 13.6. The number of carbonyl (C=O) groups excluding carboxylic acids is 1. The Bertz CT molecular complexity index is 651. The van der Waals surface area contributed by atoms with Gasteiger partial charge in [0.2, 0.25) is 0 Å². The van der Waals surface area contributed by atoms with Gasteiger partial charge in [-0.3, -0.25) is 4.79 Å². The minimum absolute atomic E-state index is 0.0881. The number of aryl methyl sites for hydroxylation is 1. The van der Waals surface area contributed by atoms with Gasteiger partial charge in [-0.1, -0.05) is 51.8 Å². The van der Waals surface area contributed by atoms with Gasteiger partial charge in [-0.15, -0.1) is 0 Å². The standard InChI is InChI=1S/C16H13BrClNO/c17-12-7-11(8-13(18)9-12)16(20)19-15-6-5-10-3-1-2-4-14(10)15/h1-4,7-9,15H,5-6H2,(H,19,20). The second kappa shape index (κ2) is 5.58. The molecule has 20 heavy (non-hydrogen) atoms. The molecule has 0 fully saturated rings. The molecule has 1 atom stereocenters. The van der Waals surface area contributed by atoms with Gasteiger partial charge in [-0.25, -0.2) is 0 Å². The normalized spacial score (nSPS) is 16.8. The maximum Gasteiger partial charge on any atom is 0.251 e. The monoisotopic (exact) mass is 349 g/mol. The Balaban J connectivity index is 1.80. The number of benzene rings is 2. The van der Waals surface area contributed by atoms with Crippen molar-refractivity contribution >= 4 is 33.4 Å². The lowest BCUT2D eigenvalue weighted by Crippen LogP contribution is -2.27. The Morgan fingerprint density at radius 3 is 2.85 bits per heavy atom. The minimum Gasteiger partial charge on any atom is -0.345 e. The first-order valence-corrected chi connectivity index (χ1v) is 7.65. The van der Waals surface area contributed by atoms with Gasteiger partial charge < -0.3 is 5.32 Å². The molecular weight excluding hydrogens is 338 g/mol. The first-order chi connectivity index (χ1) is 9.63. The van der Waals surface area contributed by atoms with Crippen molar-refractivity contribution in [2.45, 2.75) is 18.9 Å². The molecule has 1 N–H and O–H groups in total. The van der Waals surface area contributed by atoms with Crippen LogP contribution in [0.25, 0.3) is 0 Å². The third-order valence-corrected chi connectivity index (χ3v) is 4.24. The molecule has 1 unspecified atom stereocenters. The fourth-order valence-corrected chi connectivity index (χ4v) is 3.49. The predicted octanol–water partition coefficient (Wildman–Crippen LogP) is 4.52. The molecule has 0 aromatic heterocycles. The lowest BCUT2D eigenvalue weighted by atomic mass is 10.1. The van der Waals surface area contributed by atoms with Crippen LogP contribution in [0.3, 0.4) is 0 Å². The SMILES string of the molecule is O=C(NC1CCc2ccccc21)c1cc(Cl)cc(Br)c1. The summed E-state index contributed by atoms with van der Waals surface area (Å²) in [7, 11) is 0. The lowest BCUT2D eigenvalue weighted by Gasteiger charge is -2.14. The lowest BCUT2D eigenvalue weighted by molar-refractivity contribution is 0.0936. The molecule has 3 rings (SSSR count). The average molecular weight is 351 g/mol. The van der Waals surface area contributed by atoms with Crippen LogP contribution in [0.4, 0.5) is 0 Å². The molecule has 0 saturated heterocycles. The number of amides is 1. The summed E-state index contributed by atoms with van der Waals surface area (Å²) in [5.74, 6) is -0.0881. The Labute approximate surface area is 131 Å². The summed E-state index contributed by atoms with van der Waals surface area (Å²) in [6.07, 6.45) is 1.97. The van der Waals surface area contributed by atoms with E-state index in [1.165, 1.54) is 11.1 Å². The molecule has 0 aliphatic heterocycles. The van der Waals surface area contributed by atoms with Gasteiger partial charge in [0, 0.05) is 15.1 Å². The molecular formula is C16H13BrClNO. The Hall–Kier alpha value is -1.32. The van der Waals surface area contributed by atoms with Crippen LogP contribution in [0.2, 0.25) is 5.02 Å². The number of rotatable bonds is 2. The molecule has 2 nitrogen and oxygen atoms in total. The highest BCUT2D eigenvalue weighted by Gasteiger charge is 2.23. The third kappa shape index (κ3) is 2.74. The minimum atomic E-state index is -0.0881. The molecule has 4 heteroatoms. The van der Waals surface area contributed by atoms with Crippen molar-refractivity contribution in [3.05, 3.63) is 68.7 Å². The molecule has 0 radical (unpaired) electrons. The smallest absolute Gasteiger partial charge is 0.251 e. The van der Waals surface area contributed by atoms with Crippen molar-refractivity contribution in [1.82, 2.24) is 5.32 Å². The Kier molecular flexibility index (Phi) is 3.81. The molecule has 0 heterocycles. The number of halogens is 2. The first-order valence-electron chi connectivity index (χ1n) is 6.48. The van der Waals surface area contributed by atoms with E-state index in [2.05, 4.69) is 33.4 Å². The molecule has 0 bridgehead atoms. The van der Waals surface area contributed by atoms with Gasteiger partial charge in [0.25, 0.3) is 5.91 Å². The average Bonchev–Trinajstić information content (AvgIpc) is 2.81. The Morgan fingerprint density at radius 2 is 2.05 bits per heavy atom. The van der Waals surface area contributed by atoms with E-state index in [1.807, 2.05) is 12.1 Å².